The van der Waals surface area contributed by atoms with Crippen molar-refractivity contribution in [3.8, 4) is 11.4 Å². The smallest absolute Gasteiger partial charge is 0.223 e. The van der Waals surface area contributed by atoms with E-state index in [2.05, 4.69) is 15.1 Å². The van der Waals surface area contributed by atoms with Gasteiger partial charge < -0.3 is 4.52 Å². The molecule has 0 N–H and O–H groups in total. The van der Waals surface area contributed by atoms with Crippen LogP contribution in [0.5, 0.6) is 0 Å². The van der Waals surface area contributed by atoms with Gasteiger partial charge in [0.15, 0.2) is 0 Å². The lowest BCUT2D eigenvalue weighted by atomic mass is 10.1. The third kappa shape index (κ3) is 1.44. The van der Waals surface area contributed by atoms with E-state index in [4.69, 9.17) is 4.52 Å². The molecular weight excluding hydrogens is 202 g/mol. The molecule has 0 bridgehead atoms. The zero-order valence-electron chi connectivity index (χ0n) is 8.71. The van der Waals surface area contributed by atoms with Crippen LogP contribution < -0.4 is 0 Å². The van der Waals surface area contributed by atoms with Gasteiger partial charge in [-0.05, 0) is 17.5 Å². The molecule has 0 aliphatic rings. The molecule has 0 saturated heterocycles. The quantitative estimate of drug-likeness (QED) is 0.620. The zero-order valence-corrected chi connectivity index (χ0v) is 8.71. The van der Waals surface area contributed by atoms with Crippen LogP contribution in [0.4, 0.5) is 0 Å². The predicted molar refractivity (Wildman–Crippen MR) is 59.8 cm³/mol. The van der Waals surface area contributed by atoms with Crippen molar-refractivity contribution in [1.29, 1.82) is 0 Å². The van der Waals surface area contributed by atoms with Gasteiger partial charge in [-0.2, -0.15) is 4.98 Å². The summed E-state index contributed by atoms with van der Waals surface area (Å²) in [5.74, 6) is 1.18. The van der Waals surface area contributed by atoms with Crippen molar-refractivity contribution in [1.82, 2.24) is 15.1 Å². The Morgan fingerprint density at radius 1 is 1.12 bits per heavy atom. The monoisotopic (exact) mass is 211 g/mol. The van der Waals surface area contributed by atoms with Gasteiger partial charge in [0.1, 0.15) is 0 Å². The maximum atomic E-state index is 4.95. The number of benzene rings is 1. The third-order valence-electron chi connectivity index (χ3n) is 2.43. The molecule has 2 aromatic heterocycles. The second-order valence-corrected chi connectivity index (χ2v) is 3.57. The van der Waals surface area contributed by atoms with Gasteiger partial charge >= 0.3 is 0 Å². The van der Waals surface area contributed by atoms with Gasteiger partial charge in [0.25, 0.3) is 0 Å². The van der Waals surface area contributed by atoms with Crippen molar-refractivity contribution >= 4 is 10.8 Å². The van der Waals surface area contributed by atoms with Crippen LogP contribution in [-0.4, -0.2) is 15.1 Å². The molecule has 0 atom stereocenters. The van der Waals surface area contributed by atoms with E-state index in [-0.39, 0.29) is 0 Å². The topological polar surface area (TPSA) is 51.8 Å². The highest BCUT2D eigenvalue weighted by Gasteiger charge is 2.05. The highest BCUT2D eigenvalue weighted by molar-refractivity contribution is 5.85. The average Bonchev–Trinajstić information content (AvgIpc) is 2.75. The first-order chi connectivity index (χ1) is 7.83. The molecule has 1 aromatic carbocycles. The van der Waals surface area contributed by atoms with Gasteiger partial charge in [0.05, 0.1) is 0 Å². The molecule has 0 aliphatic carbocycles. The van der Waals surface area contributed by atoms with E-state index in [1.165, 1.54) is 0 Å². The highest BCUT2D eigenvalue weighted by Crippen LogP contribution is 2.21. The number of pyridine rings is 1. The lowest BCUT2D eigenvalue weighted by molar-refractivity contribution is 0.394. The number of hydrogen-bond acceptors (Lipinski definition) is 4. The first-order valence-corrected chi connectivity index (χ1v) is 4.97. The van der Waals surface area contributed by atoms with Crippen molar-refractivity contribution in [3.05, 3.63) is 42.5 Å². The summed E-state index contributed by atoms with van der Waals surface area (Å²) in [6.07, 6.45) is 3.60. The molecule has 0 unspecified atom stereocenters. The fourth-order valence-corrected chi connectivity index (χ4v) is 1.64. The molecule has 4 heteroatoms. The molecule has 3 rings (SSSR count). The second-order valence-electron chi connectivity index (χ2n) is 3.57. The van der Waals surface area contributed by atoms with Gasteiger partial charge in [-0.3, -0.25) is 4.98 Å². The van der Waals surface area contributed by atoms with Crippen molar-refractivity contribution in [2.75, 3.05) is 0 Å². The van der Waals surface area contributed by atoms with Crippen molar-refractivity contribution in [3.63, 3.8) is 0 Å². The summed E-state index contributed by atoms with van der Waals surface area (Å²) in [5, 5.41) is 6.11. The lowest BCUT2D eigenvalue weighted by Crippen LogP contribution is -1.82. The Balaban J connectivity index is 2.18. The van der Waals surface area contributed by atoms with E-state index in [1.54, 1.807) is 13.1 Å². The Kier molecular flexibility index (Phi) is 1.93. The number of fused-ring (bicyclic) bond motifs is 1. The molecule has 0 amide bonds. The van der Waals surface area contributed by atoms with Crippen LogP contribution >= 0.6 is 0 Å². The molecular formula is C12H9N3O. The summed E-state index contributed by atoms with van der Waals surface area (Å²) in [7, 11) is 0. The van der Waals surface area contributed by atoms with Crippen LogP contribution in [0.15, 0.2) is 41.2 Å². The normalized spacial score (nSPS) is 10.8. The number of aromatic nitrogens is 3. The maximum Gasteiger partial charge on any atom is 0.223 e. The minimum Gasteiger partial charge on any atom is -0.339 e. The molecule has 78 valence electrons. The molecule has 16 heavy (non-hydrogen) atoms. The fraction of sp³-hybridized carbons (Fsp3) is 0.0833. The molecule has 4 nitrogen and oxygen atoms in total. The summed E-state index contributed by atoms with van der Waals surface area (Å²) >= 11 is 0. The van der Waals surface area contributed by atoms with Gasteiger partial charge in [-0.1, -0.05) is 17.3 Å². The van der Waals surface area contributed by atoms with E-state index in [1.807, 2.05) is 30.5 Å². The zero-order chi connectivity index (χ0) is 11.0. The van der Waals surface area contributed by atoms with Gasteiger partial charge in [-0.25, -0.2) is 0 Å². The molecule has 0 saturated carbocycles. The number of aryl methyl sites for hydroxylation is 1. The van der Waals surface area contributed by atoms with Crippen molar-refractivity contribution < 1.29 is 4.52 Å². The van der Waals surface area contributed by atoms with Crippen LogP contribution in [0, 0.1) is 6.92 Å². The van der Waals surface area contributed by atoms with E-state index in [0.29, 0.717) is 11.7 Å². The first-order valence-electron chi connectivity index (χ1n) is 4.97. The van der Waals surface area contributed by atoms with Crippen LogP contribution in [0.2, 0.25) is 0 Å². The minimum atomic E-state index is 0.571. The molecule has 2 heterocycles. The molecule has 0 spiro atoms. The number of rotatable bonds is 1. The average molecular weight is 211 g/mol. The molecule has 0 radical (unpaired) electrons. The molecule has 0 aliphatic heterocycles. The Hall–Kier alpha value is -2.23. The van der Waals surface area contributed by atoms with E-state index in [0.717, 1.165) is 16.3 Å². The Morgan fingerprint density at radius 3 is 2.88 bits per heavy atom. The summed E-state index contributed by atoms with van der Waals surface area (Å²) in [6.45, 7) is 1.78. The maximum absolute atomic E-state index is 4.95. The largest absolute Gasteiger partial charge is 0.339 e. The van der Waals surface area contributed by atoms with Gasteiger partial charge in [0, 0.05) is 30.3 Å². The number of nitrogens with zero attached hydrogens (tertiary/aromatic N) is 3. The Morgan fingerprint density at radius 2 is 2.06 bits per heavy atom. The Bertz CT molecular complexity index is 645. The first kappa shape index (κ1) is 9.03. The lowest BCUT2D eigenvalue weighted by Gasteiger charge is -1.98. The predicted octanol–water partition coefficient (Wildman–Crippen LogP) is 2.59. The van der Waals surface area contributed by atoms with Crippen LogP contribution in [0.1, 0.15) is 5.89 Å². The van der Waals surface area contributed by atoms with Gasteiger partial charge in [-0.15, -0.1) is 0 Å². The fourth-order valence-electron chi connectivity index (χ4n) is 1.64. The van der Waals surface area contributed by atoms with Crippen molar-refractivity contribution in [2.24, 2.45) is 0 Å². The SMILES string of the molecule is Cc1nc(-c2ccc3ccncc3c2)no1. The second kappa shape index (κ2) is 3.41. The third-order valence-corrected chi connectivity index (χ3v) is 2.43. The van der Waals surface area contributed by atoms with Crippen LogP contribution in [-0.2, 0) is 0 Å². The molecule has 3 aromatic rings. The molecule has 0 fully saturated rings. The number of hydrogen-bond donors (Lipinski definition) is 0. The van der Waals surface area contributed by atoms with E-state index in [9.17, 15) is 0 Å². The van der Waals surface area contributed by atoms with Crippen LogP contribution in [0.3, 0.4) is 0 Å². The van der Waals surface area contributed by atoms with Crippen LogP contribution in [0.25, 0.3) is 22.2 Å². The van der Waals surface area contributed by atoms with E-state index >= 15 is 0 Å². The van der Waals surface area contributed by atoms with E-state index < -0.39 is 0 Å². The summed E-state index contributed by atoms with van der Waals surface area (Å²) in [4.78, 5) is 8.28. The standard InChI is InChI=1S/C12H9N3O/c1-8-14-12(15-16-8)10-3-2-9-4-5-13-7-11(9)6-10/h2-7H,1H3. The highest BCUT2D eigenvalue weighted by atomic mass is 16.5. The van der Waals surface area contributed by atoms with Crippen molar-refractivity contribution in [2.45, 2.75) is 6.92 Å². The minimum absolute atomic E-state index is 0.571. The van der Waals surface area contributed by atoms with Gasteiger partial charge in [0.2, 0.25) is 11.7 Å². The summed E-state index contributed by atoms with van der Waals surface area (Å²) < 4.78 is 4.95. The Labute approximate surface area is 91.9 Å². The summed E-state index contributed by atoms with van der Waals surface area (Å²) in [6, 6.07) is 7.98. The summed E-state index contributed by atoms with van der Waals surface area (Å²) in [5.41, 5.74) is 0.942.